The van der Waals surface area contributed by atoms with Gasteiger partial charge in [0.25, 0.3) is 5.91 Å². The van der Waals surface area contributed by atoms with Gasteiger partial charge in [0.05, 0.1) is 11.6 Å². The highest BCUT2D eigenvalue weighted by Crippen LogP contribution is 2.35. The third kappa shape index (κ3) is 3.09. The number of rotatable bonds is 3. The zero-order valence-corrected chi connectivity index (χ0v) is 13.6. The number of aromatic nitrogens is 1. The molecule has 2 aromatic rings. The van der Waals surface area contributed by atoms with Crippen LogP contribution in [0.5, 0.6) is 0 Å². The van der Waals surface area contributed by atoms with Gasteiger partial charge >= 0.3 is 0 Å². The fourth-order valence-corrected chi connectivity index (χ4v) is 3.64. The Bertz CT molecular complexity index is 670. The first kappa shape index (κ1) is 14.9. The molecule has 1 aromatic carbocycles. The molecule has 3 rings (SSSR count). The minimum Gasteiger partial charge on any atom is -0.363 e. The Morgan fingerprint density at radius 1 is 1.27 bits per heavy atom. The number of hydrogen-bond acceptors (Lipinski definition) is 4. The van der Waals surface area contributed by atoms with E-state index >= 15 is 0 Å². The molecule has 114 valence electrons. The molecule has 0 saturated heterocycles. The van der Waals surface area contributed by atoms with Gasteiger partial charge in [-0.3, -0.25) is 4.79 Å². The van der Waals surface area contributed by atoms with Gasteiger partial charge in [0.15, 0.2) is 0 Å². The lowest BCUT2D eigenvalue weighted by Crippen LogP contribution is -2.30. The van der Waals surface area contributed by atoms with Crippen LogP contribution in [0.1, 0.15) is 28.4 Å². The topological polar surface area (TPSA) is 45.2 Å². The standard InChI is InChI=1S/C17H19N3OS/c1-20(2)16-8-7-12(11-18-16)17(21)19-14-9-10-22-15-6-4-3-5-13(14)15/h3-8,11,14H,9-10H2,1-2H3,(H,19,21). The van der Waals surface area contributed by atoms with Crippen molar-refractivity contribution in [2.75, 3.05) is 24.7 Å². The van der Waals surface area contributed by atoms with Crippen molar-refractivity contribution in [1.82, 2.24) is 10.3 Å². The molecule has 2 heterocycles. The van der Waals surface area contributed by atoms with Crippen molar-refractivity contribution in [2.45, 2.75) is 17.4 Å². The van der Waals surface area contributed by atoms with Gasteiger partial charge in [-0.1, -0.05) is 18.2 Å². The Hall–Kier alpha value is -2.01. The van der Waals surface area contributed by atoms with E-state index in [0.717, 1.165) is 18.0 Å². The minimum atomic E-state index is -0.0653. The minimum absolute atomic E-state index is 0.0653. The molecule has 1 aromatic heterocycles. The molecule has 1 atom stereocenters. The zero-order valence-electron chi connectivity index (χ0n) is 12.7. The summed E-state index contributed by atoms with van der Waals surface area (Å²) in [6.07, 6.45) is 2.59. The van der Waals surface area contributed by atoms with Crippen LogP contribution in [0.3, 0.4) is 0 Å². The van der Waals surface area contributed by atoms with Crippen LogP contribution in [0.4, 0.5) is 5.82 Å². The zero-order chi connectivity index (χ0) is 15.5. The molecule has 0 fully saturated rings. The first-order chi connectivity index (χ1) is 10.6. The van der Waals surface area contributed by atoms with E-state index in [1.54, 1.807) is 6.20 Å². The molecule has 0 radical (unpaired) electrons. The van der Waals surface area contributed by atoms with Crippen LogP contribution in [-0.2, 0) is 0 Å². The summed E-state index contributed by atoms with van der Waals surface area (Å²) in [5.41, 5.74) is 1.81. The van der Waals surface area contributed by atoms with E-state index in [4.69, 9.17) is 0 Å². The van der Waals surface area contributed by atoms with Crippen LogP contribution < -0.4 is 10.2 Å². The number of nitrogens with zero attached hydrogens (tertiary/aromatic N) is 2. The summed E-state index contributed by atoms with van der Waals surface area (Å²) in [6, 6.07) is 12.0. The normalized spacial score (nSPS) is 16.7. The Balaban J connectivity index is 1.75. The van der Waals surface area contributed by atoms with Crippen LogP contribution in [0, 0.1) is 0 Å². The van der Waals surface area contributed by atoms with E-state index in [-0.39, 0.29) is 11.9 Å². The average Bonchev–Trinajstić information content (AvgIpc) is 2.55. The van der Waals surface area contributed by atoms with E-state index in [9.17, 15) is 4.79 Å². The van der Waals surface area contributed by atoms with Gasteiger partial charge in [0.1, 0.15) is 5.82 Å². The van der Waals surface area contributed by atoms with Crippen molar-refractivity contribution in [2.24, 2.45) is 0 Å². The lowest BCUT2D eigenvalue weighted by Gasteiger charge is -2.25. The van der Waals surface area contributed by atoms with Gasteiger partial charge in [0, 0.05) is 30.9 Å². The van der Waals surface area contributed by atoms with Crippen molar-refractivity contribution in [3.63, 3.8) is 0 Å². The summed E-state index contributed by atoms with van der Waals surface area (Å²) in [6.45, 7) is 0. The summed E-state index contributed by atoms with van der Waals surface area (Å²) in [5.74, 6) is 1.81. The molecule has 22 heavy (non-hydrogen) atoms. The van der Waals surface area contributed by atoms with E-state index < -0.39 is 0 Å². The number of benzene rings is 1. The van der Waals surface area contributed by atoms with Crippen LogP contribution in [-0.4, -0.2) is 30.7 Å². The van der Waals surface area contributed by atoms with Crippen LogP contribution in [0.15, 0.2) is 47.5 Å². The fraction of sp³-hybridized carbons (Fsp3) is 0.294. The molecule has 1 N–H and O–H groups in total. The van der Waals surface area contributed by atoms with Crippen molar-refractivity contribution < 1.29 is 4.79 Å². The predicted octanol–water partition coefficient (Wildman–Crippen LogP) is 3.11. The molecule has 0 bridgehead atoms. The van der Waals surface area contributed by atoms with Crippen molar-refractivity contribution in [3.05, 3.63) is 53.7 Å². The number of carbonyl (C=O) groups excluding carboxylic acids is 1. The van der Waals surface area contributed by atoms with Gasteiger partial charge in [-0.25, -0.2) is 4.98 Å². The fourth-order valence-electron chi connectivity index (χ4n) is 2.52. The van der Waals surface area contributed by atoms with E-state index in [1.165, 1.54) is 10.5 Å². The molecule has 1 amide bonds. The number of nitrogens with one attached hydrogen (secondary N) is 1. The maximum Gasteiger partial charge on any atom is 0.253 e. The average molecular weight is 313 g/mol. The summed E-state index contributed by atoms with van der Waals surface area (Å²) in [4.78, 5) is 19.9. The molecule has 1 aliphatic rings. The second-order valence-electron chi connectivity index (χ2n) is 5.50. The number of carbonyl (C=O) groups is 1. The van der Waals surface area contributed by atoms with E-state index in [1.807, 2.05) is 55.0 Å². The van der Waals surface area contributed by atoms with Gasteiger partial charge in [-0.15, -0.1) is 11.8 Å². The molecule has 1 unspecified atom stereocenters. The number of fused-ring (bicyclic) bond motifs is 1. The van der Waals surface area contributed by atoms with Crippen molar-refractivity contribution in [1.29, 1.82) is 0 Å². The lowest BCUT2D eigenvalue weighted by molar-refractivity contribution is 0.0934. The van der Waals surface area contributed by atoms with Gasteiger partial charge in [0.2, 0.25) is 0 Å². The molecule has 0 saturated carbocycles. The Morgan fingerprint density at radius 3 is 2.82 bits per heavy atom. The number of hydrogen-bond donors (Lipinski definition) is 1. The van der Waals surface area contributed by atoms with Gasteiger partial charge < -0.3 is 10.2 Å². The molecule has 1 aliphatic heterocycles. The highest BCUT2D eigenvalue weighted by molar-refractivity contribution is 7.99. The smallest absolute Gasteiger partial charge is 0.253 e. The Labute approximate surface area is 134 Å². The maximum absolute atomic E-state index is 12.4. The van der Waals surface area contributed by atoms with Crippen LogP contribution in [0.25, 0.3) is 0 Å². The Kier molecular flexibility index (Phi) is 4.34. The first-order valence-electron chi connectivity index (χ1n) is 7.31. The molecule has 0 spiro atoms. The highest BCUT2D eigenvalue weighted by Gasteiger charge is 2.22. The molecule has 0 aliphatic carbocycles. The second-order valence-corrected chi connectivity index (χ2v) is 6.64. The molecular formula is C17H19N3OS. The SMILES string of the molecule is CN(C)c1ccc(C(=O)NC2CCSc3ccccc32)cn1. The summed E-state index contributed by atoms with van der Waals surface area (Å²) in [7, 11) is 3.86. The summed E-state index contributed by atoms with van der Waals surface area (Å²) < 4.78 is 0. The van der Waals surface area contributed by atoms with Crippen LogP contribution in [0.2, 0.25) is 0 Å². The lowest BCUT2D eigenvalue weighted by atomic mass is 10.0. The summed E-state index contributed by atoms with van der Waals surface area (Å²) >= 11 is 1.85. The number of thioether (sulfide) groups is 1. The van der Waals surface area contributed by atoms with E-state index in [2.05, 4.69) is 22.4 Å². The largest absolute Gasteiger partial charge is 0.363 e. The molecular weight excluding hydrogens is 294 g/mol. The monoisotopic (exact) mass is 313 g/mol. The maximum atomic E-state index is 12.4. The second kappa shape index (κ2) is 6.40. The first-order valence-corrected chi connectivity index (χ1v) is 8.29. The molecule has 4 nitrogen and oxygen atoms in total. The molecule has 5 heteroatoms. The Morgan fingerprint density at radius 2 is 2.09 bits per heavy atom. The van der Waals surface area contributed by atoms with Gasteiger partial charge in [-0.05, 0) is 30.2 Å². The van der Waals surface area contributed by atoms with Crippen molar-refractivity contribution >= 4 is 23.5 Å². The number of anilines is 1. The van der Waals surface area contributed by atoms with E-state index in [0.29, 0.717) is 5.56 Å². The third-order valence-electron chi connectivity index (χ3n) is 3.73. The highest BCUT2D eigenvalue weighted by atomic mass is 32.2. The number of pyridine rings is 1. The summed E-state index contributed by atoms with van der Waals surface area (Å²) in [5, 5.41) is 3.13. The number of amides is 1. The van der Waals surface area contributed by atoms with Crippen molar-refractivity contribution in [3.8, 4) is 0 Å². The third-order valence-corrected chi connectivity index (χ3v) is 4.85. The quantitative estimate of drug-likeness (QED) is 0.946. The van der Waals surface area contributed by atoms with Crippen LogP contribution >= 0.6 is 11.8 Å². The van der Waals surface area contributed by atoms with Gasteiger partial charge in [-0.2, -0.15) is 0 Å². The predicted molar refractivity (Wildman–Crippen MR) is 90.6 cm³/mol.